The van der Waals surface area contributed by atoms with Crippen LogP contribution in [-0.2, 0) is 4.79 Å². The molecule has 0 aliphatic heterocycles. The molecule has 1 aromatic heterocycles. The van der Waals surface area contributed by atoms with E-state index in [-0.39, 0.29) is 17.9 Å². The van der Waals surface area contributed by atoms with E-state index in [1.165, 1.54) is 0 Å². The molecule has 1 aliphatic rings. The van der Waals surface area contributed by atoms with Crippen LogP contribution in [0.4, 0.5) is 0 Å². The summed E-state index contributed by atoms with van der Waals surface area (Å²) in [7, 11) is 0. The summed E-state index contributed by atoms with van der Waals surface area (Å²) in [5.74, 6) is 0.905. The van der Waals surface area contributed by atoms with Gasteiger partial charge in [0.25, 0.3) is 0 Å². The summed E-state index contributed by atoms with van der Waals surface area (Å²) in [5.41, 5.74) is 0. The summed E-state index contributed by atoms with van der Waals surface area (Å²) < 4.78 is 7.80. The lowest BCUT2D eigenvalue weighted by Gasteiger charge is -2.24. The van der Waals surface area contributed by atoms with Crippen molar-refractivity contribution < 1.29 is 9.53 Å². The van der Waals surface area contributed by atoms with Gasteiger partial charge in [0.2, 0.25) is 5.91 Å². The monoisotopic (exact) mass is 327 g/mol. The Labute approximate surface area is 143 Å². The number of imidazole rings is 1. The number of benzene rings is 1. The van der Waals surface area contributed by atoms with Gasteiger partial charge in [0.1, 0.15) is 5.75 Å². The van der Waals surface area contributed by atoms with E-state index in [2.05, 4.69) is 14.9 Å². The fourth-order valence-electron chi connectivity index (χ4n) is 3.26. The predicted molar refractivity (Wildman–Crippen MR) is 92.8 cm³/mol. The van der Waals surface area contributed by atoms with Crippen molar-refractivity contribution in [1.29, 1.82) is 0 Å². The standard InChI is InChI=1S/C19H25N3O2/c1-15(10-13-24-16-6-3-2-4-7-16)19(23)21-17-8-5-9-18(17)22-12-11-20-14-22/h2-4,6-7,11-12,14-15,17-18H,5,8-10,13H2,1H3,(H,21,23)/t15-,17+,18+/m1/s1. The Hall–Kier alpha value is -2.30. The van der Waals surface area contributed by atoms with Crippen LogP contribution >= 0.6 is 0 Å². The lowest BCUT2D eigenvalue weighted by atomic mass is 10.1. The first kappa shape index (κ1) is 16.6. The van der Waals surface area contributed by atoms with E-state index >= 15 is 0 Å². The second kappa shape index (κ2) is 7.99. The smallest absolute Gasteiger partial charge is 0.223 e. The molecule has 2 aromatic rings. The third kappa shape index (κ3) is 4.16. The Morgan fingerprint density at radius 3 is 2.96 bits per heavy atom. The minimum absolute atomic E-state index is 0.0576. The number of carbonyl (C=O) groups excluding carboxylic acids is 1. The Morgan fingerprint density at radius 2 is 2.21 bits per heavy atom. The number of rotatable bonds is 7. The van der Waals surface area contributed by atoms with Gasteiger partial charge in [0.05, 0.1) is 19.0 Å². The number of nitrogens with one attached hydrogen (secondary N) is 1. The van der Waals surface area contributed by atoms with E-state index in [1.54, 1.807) is 6.20 Å². The van der Waals surface area contributed by atoms with Crippen molar-refractivity contribution in [2.75, 3.05) is 6.61 Å². The van der Waals surface area contributed by atoms with Gasteiger partial charge in [-0.05, 0) is 37.8 Å². The average Bonchev–Trinajstić information content (AvgIpc) is 3.26. The Balaban J connectivity index is 1.45. The van der Waals surface area contributed by atoms with Gasteiger partial charge in [0.15, 0.2) is 0 Å². The van der Waals surface area contributed by atoms with Crippen LogP contribution in [0.15, 0.2) is 49.1 Å². The maximum Gasteiger partial charge on any atom is 0.223 e. The van der Waals surface area contributed by atoms with Crippen LogP contribution in [-0.4, -0.2) is 28.1 Å². The van der Waals surface area contributed by atoms with E-state index < -0.39 is 0 Å². The molecule has 1 saturated carbocycles. The topological polar surface area (TPSA) is 56.1 Å². The summed E-state index contributed by atoms with van der Waals surface area (Å²) in [6.07, 6.45) is 9.58. The van der Waals surface area contributed by atoms with Gasteiger partial charge in [-0.3, -0.25) is 4.79 Å². The van der Waals surface area contributed by atoms with Gasteiger partial charge in [0, 0.05) is 24.4 Å². The number of ether oxygens (including phenoxy) is 1. The molecular weight excluding hydrogens is 302 g/mol. The van der Waals surface area contributed by atoms with Crippen LogP contribution in [0, 0.1) is 5.92 Å². The molecule has 0 saturated heterocycles. The highest BCUT2D eigenvalue weighted by molar-refractivity contribution is 5.78. The molecule has 1 heterocycles. The summed E-state index contributed by atoms with van der Waals surface area (Å²) >= 11 is 0. The molecule has 5 heteroatoms. The van der Waals surface area contributed by atoms with E-state index in [1.807, 2.05) is 49.8 Å². The van der Waals surface area contributed by atoms with Crippen LogP contribution in [0.1, 0.15) is 38.6 Å². The third-order valence-corrected chi connectivity index (χ3v) is 4.73. The van der Waals surface area contributed by atoms with E-state index in [0.717, 1.165) is 25.0 Å². The maximum absolute atomic E-state index is 12.5. The maximum atomic E-state index is 12.5. The van der Waals surface area contributed by atoms with Crippen LogP contribution in [0.2, 0.25) is 0 Å². The molecule has 0 unspecified atom stereocenters. The number of carbonyl (C=O) groups is 1. The number of hydrogen-bond donors (Lipinski definition) is 1. The molecule has 5 nitrogen and oxygen atoms in total. The Morgan fingerprint density at radius 1 is 1.38 bits per heavy atom. The molecule has 0 spiro atoms. The molecule has 0 radical (unpaired) electrons. The number of para-hydroxylation sites is 1. The predicted octanol–water partition coefficient (Wildman–Crippen LogP) is 3.20. The molecule has 128 valence electrons. The lowest BCUT2D eigenvalue weighted by Crippen LogP contribution is -2.41. The minimum Gasteiger partial charge on any atom is -0.494 e. The van der Waals surface area contributed by atoms with E-state index in [0.29, 0.717) is 19.1 Å². The minimum atomic E-state index is -0.0576. The number of amides is 1. The molecule has 0 bridgehead atoms. The molecule has 24 heavy (non-hydrogen) atoms. The van der Waals surface area contributed by atoms with Gasteiger partial charge in [-0.1, -0.05) is 25.1 Å². The summed E-state index contributed by atoms with van der Waals surface area (Å²) in [4.78, 5) is 16.6. The van der Waals surface area contributed by atoms with Gasteiger partial charge in [-0.15, -0.1) is 0 Å². The van der Waals surface area contributed by atoms with Crippen LogP contribution in [0.25, 0.3) is 0 Å². The SMILES string of the molecule is C[C@H](CCOc1ccccc1)C(=O)N[C@H]1CCC[C@@H]1n1ccnc1. The fraction of sp³-hybridized carbons (Fsp3) is 0.474. The van der Waals surface area contributed by atoms with Crippen molar-refractivity contribution in [3.05, 3.63) is 49.1 Å². The lowest BCUT2D eigenvalue weighted by molar-refractivity contribution is -0.125. The molecule has 1 fully saturated rings. The summed E-state index contributed by atoms with van der Waals surface area (Å²) in [6, 6.07) is 10.2. The highest BCUT2D eigenvalue weighted by Gasteiger charge is 2.30. The van der Waals surface area contributed by atoms with Gasteiger partial charge >= 0.3 is 0 Å². The van der Waals surface area contributed by atoms with Crippen molar-refractivity contribution in [3.63, 3.8) is 0 Å². The average molecular weight is 327 g/mol. The Bertz CT molecular complexity index is 627. The quantitative estimate of drug-likeness (QED) is 0.849. The second-order valence-electron chi connectivity index (χ2n) is 6.47. The highest BCUT2D eigenvalue weighted by Crippen LogP contribution is 2.30. The molecule has 1 aliphatic carbocycles. The molecule has 1 aromatic carbocycles. The van der Waals surface area contributed by atoms with Crippen molar-refractivity contribution in [1.82, 2.24) is 14.9 Å². The van der Waals surface area contributed by atoms with Crippen LogP contribution in [0.3, 0.4) is 0 Å². The normalized spacial score (nSPS) is 21.4. The number of aromatic nitrogens is 2. The van der Waals surface area contributed by atoms with Crippen LogP contribution in [0.5, 0.6) is 5.75 Å². The first-order valence-corrected chi connectivity index (χ1v) is 8.69. The fourth-order valence-corrected chi connectivity index (χ4v) is 3.26. The first-order chi connectivity index (χ1) is 11.7. The van der Waals surface area contributed by atoms with Gasteiger partial charge in [-0.25, -0.2) is 4.98 Å². The largest absolute Gasteiger partial charge is 0.494 e. The number of hydrogen-bond acceptors (Lipinski definition) is 3. The zero-order valence-electron chi connectivity index (χ0n) is 14.1. The highest BCUT2D eigenvalue weighted by atomic mass is 16.5. The molecule has 3 atom stereocenters. The van der Waals surface area contributed by atoms with Crippen molar-refractivity contribution in [2.24, 2.45) is 5.92 Å². The number of nitrogens with zero attached hydrogens (tertiary/aromatic N) is 2. The van der Waals surface area contributed by atoms with E-state index in [4.69, 9.17) is 4.74 Å². The molecular formula is C19H25N3O2. The zero-order chi connectivity index (χ0) is 16.8. The van der Waals surface area contributed by atoms with Gasteiger partial charge in [-0.2, -0.15) is 0 Å². The van der Waals surface area contributed by atoms with Gasteiger partial charge < -0.3 is 14.6 Å². The second-order valence-corrected chi connectivity index (χ2v) is 6.47. The van der Waals surface area contributed by atoms with Crippen LogP contribution < -0.4 is 10.1 Å². The summed E-state index contributed by atoms with van der Waals surface area (Å²) in [5, 5.41) is 3.22. The first-order valence-electron chi connectivity index (χ1n) is 8.69. The zero-order valence-corrected chi connectivity index (χ0v) is 14.1. The Kier molecular flexibility index (Phi) is 5.51. The van der Waals surface area contributed by atoms with E-state index in [9.17, 15) is 4.79 Å². The molecule has 1 N–H and O–H groups in total. The molecule has 3 rings (SSSR count). The third-order valence-electron chi connectivity index (χ3n) is 4.73. The summed E-state index contributed by atoms with van der Waals surface area (Å²) in [6.45, 7) is 2.51. The van der Waals surface area contributed by atoms with Crippen molar-refractivity contribution in [3.8, 4) is 5.75 Å². The van der Waals surface area contributed by atoms with Crippen molar-refractivity contribution in [2.45, 2.75) is 44.7 Å². The molecule has 1 amide bonds. The van der Waals surface area contributed by atoms with Crippen molar-refractivity contribution >= 4 is 5.91 Å².